The van der Waals surface area contributed by atoms with Crippen LogP contribution in [0, 0.1) is 11.3 Å². The van der Waals surface area contributed by atoms with Gasteiger partial charge in [-0.15, -0.1) is 0 Å². The lowest BCUT2D eigenvalue weighted by molar-refractivity contribution is 0.162. The maximum atomic E-state index is 9.47. The van der Waals surface area contributed by atoms with Gasteiger partial charge in [0.05, 0.1) is 0 Å². The van der Waals surface area contributed by atoms with E-state index in [0.717, 1.165) is 6.42 Å². The largest absolute Gasteiger partial charge is 0.396 e. The second-order valence-corrected chi connectivity index (χ2v) is 6.40. The average molecular weight is 263 g/mol. The summed E-state index contributed by atoms with van der Waals surface area (Å²) in [6, 6.07) is 0. The fraction of sp³-hybridized carbons (Fsp3) is 0.733. The van der Waals surface area contributed by atoms with Crippen molar-refractivity contribution in [1.29, 1.82) is 0 Å². The van der Waals surface area contributed by atoms with E-state index in [1.54, 1.807) is 12.7 Å². The van der Waals surface area contributed by atoms with E-state index in [2.05, 4.69) is 30.0 Å². The summed E-state index contributed by atoms with van der Waals surface area (Å²) in [7, 11) is 0. The van der Waals surface area contributed by atoms with E-state index in [1.807, 2.05) is 4.68 Å². The first-order chi connectivity index (χ1) is 9.11. The van der Waals surface area contributed by atoms with E-state index in [-0.39, 0.29) is 12.0 Å². The molecule has 4 nitrogen and oxygen atoms in total. The fourth-order valence-corrected chi connectivity index (χ4v) is 2.69. The summed E-state index contributed by atoms with van der Waals surface area (Å²) in [6.07, 6.45) is 13.1. The molecule has 0 bridgehead atoms. The van der Waals surface area contributed by atoms with Gasteiger partial charge in [-0.25, -0.2) is 9.67 Å². The van der Waals surface area contributed by atoms with Crippen molar-refractivity contribution in [1.82, 2.24) is 14.8 Å². The summed E-state index contributed by atoms with van der Waals surface area (Å²) in [5.74, 6) is 0.655. The summed E-state index contributed by atoms with van der Waals surface area (Å²) in [5.41, 5.74) is 1.05. The molecule has 106 valence electrons. The first kappa shape index (κ1) is 14.3. The molecule has 2 rings (SSSR count). The minimum absolute atomic E-state index is 0.119. The zero-order valence-corrected chi connectivity index (χ0v) is 12.0. The minimum Gasteiger partial charge on any atom is -0.396 e. The van der Waals surface area contributed by atoms with Gasteiger partial charge in [0.1, 0.15) is 12.7 Å². The molecule has 0 atom stereocenters. The minimum atomic E-state index is -0.119. The van der Waals surface area contributed by atoms with Crippen LogP contribution in [0.1, 0.15) is 52.4 Å². The summed E-state index contributed by atoms with van der Waals surface area (Å²) < 4.78 is 1.85. The van der Waals surface area contributed by atoms with Gasteiger partial charge in [-0.05, 0) is 30.6 Å². The Balaban J connectivity index is 2.16. The molecule has 1 fully saturated rings. The molecule has 0 aliphatic heterocycles. The van der Waals surface area contributed by atoms with Crippen LogP contribution in [0.3, 0.4) is 0 Å². The number of nitrogens with zero attached hydrogens (tertiary/aromatic N) is 3. The van der Waals surface area contributed by atoms with Crippen LogP contribution < -0.4 is 0 Å². The number of allylic oxidation sites excluding steroid dienone is 2. The topological polar surface area (TPSA) is 50.9 Å². The number of rotatable bonds is 5. The molecule has 0 radical (unpaired) electrons. The molecule has 0 amide bonds. The average Bonchev–Trinajstić information content (AvgIpc) is 2.93. The Morgan fingerprint density at radius 3 is 2.68 bits per heavy atom. The first-order valence-electron chi connectivity index (χ1n) is 7.27. The lowest BCUT2D eigenvalue weighted by Crippen LogP contribution is -2.19. The monoisotopic (exact) mass is 263 g/mol. The predicted molar refractivity (Wildman–Crippen MR) is 76.4 cm³/mol. The number of aromatic nitrogens is 3. The molecule has 0 unspecified atom stereocenters. The first-order valence-corrected chi connectivity index (χ1v) is 7.27. The molecule has 1 aliphatic rings. The highest BCUT2D eigenvalue weighted by Crippen LogP contribution is 2.31. The van der Waals surface area contributed by atoms with Crippen molar-refractivity contribution >= 4 is 5.70 Å². The summed E-state index contributed by atoms with van der Waals surface area (Å²) >= 11 is 0. The highest BCUT2D eigenvalue weighted by atomic mass is 16.3. The van der Waals surface area contributed by atoms with E-state index in [0.29, 0.717) is 5.92 Å². The van der Waals surface area contributed by atoms with Gasteiger partial charge in [0, 0.05) is 12.3 Å². The molecule has 1 saturated carbocycles. The maximum Gasteiger partial charge on any atom is 0.138 e. The van der Waals surface area contributed by atoms with Crippen molar-refractivity contribution < 1.29 is 5.11 Å². The van der Waals surface area contributed by atoms with Crippen LogP contribution in [0.4, 0.5) is 0 Å². The van der Waals surface area contributed by atoms with Gasteiger partial charge >= 0.3 is 0 Å². The summed E-state index contributed by atoms with van der Waals surface area (Å²) in [6.45, 7) is 4.35. The molecule has 1 N–H and O–H groups in total. The Kier molecular flexibility index (Phi) is 4.75. The second-order valence-electron chi connectivity index (χ2n) is 6.40. The number of aliphatic hydroxyl groups is 1. The zero-order valence-electron chi connectivity index (χ0n) is 12.0. The Hall–Kier alpha value is -1.16. The summed E-state index contributed by atoms with van der Waals surface area (Å²) in [5, 5.41) is 13.7. The third-order valence-corrected chi connectivity index (χ3v) is 3.88. The Morgan fingerprint density at radius 2 is 2.11 bits per heavy atom. The second kappa shape index (κ2) is 6.33. The van der Waals surface area contributed by atoms with E-state index in [4.69, 9.17) is 0 Å². The molecule has 1 heterocycles. The van der Waals surface area contributed by atoms with Gasteiger partial charge in [0.25, 0.3) is 0 Å². The van der Waals surface area contributed by atoms with Gasteiger partial charge in [-0.3, -0.25) is 0 Å². The van der Waals surface area contributed by atoms with Gasteiger partial charge in [0.2, 0.25) is 0 Å². The molecule has 19 heavy (non-hydrogen) atoms. The van der Waals surface area contributed by atoms with Gasteiger partial charge in [-0.1, -0.05) is 39.2 Å². The van der Waals surface area contributed by atoms with E-state index in [1.165, 1.54) is 37.8 Å². The Labute approximate surface area is 115 Å². The number of aliphatic hydroxyl groups excluding tert-OH is 1. The van der Waals surface area contributed by atoms with Crippen LogP contribution in [0.5, 0.6) is 0 Å². The summed E-state index contributed by atoms with van der Waals surface area (Å²) in [4.78, 5) is 4.04. The van der Waals surface area contributed by atoms with Crippen molar-refractivity contribution in [2.24, 2.45) is 11.3 Å². The number of hydrogen-bond acceptors (Lipinski definition) is 3. The van der Waals surface area contributed by atoms with Crippen molar-refractivity contribution in [3.63, 3.8) is 0 Å². The van der Waals surface area contributed by atoms with Gasteiger partial charge < -0.3 is 5.11 Å². The van der Waals surface area contributed by atoms with Crippen LogP contribution in [-0.2, 0) is 0 Å². The standard InChI is InChI=1S/C15H25N3O/c1-15(2,10-19)9-14(18-12-16-11-17-18)8-13-6-4-3-5-7-13/h8,11-13,19H,3-7,9-10H2,1-2H3/b14-8-. The van der Waals surface area contributed by atoms with Crippen molar-refractivity contribution in [3.05, 3.63) is 18.7 Å². The zero-order chi connectivity index (χ0) is 13.7. The van der Waals surface area contributed by atoms with Crippen LogP contribution in [0.2, 0.25) is 0 Å². The predicted octanol–water partition coefficient (Wildman–Crippen LogP) is 3.11. The van der Waals surface area contributed by atoms with Crippen LogP contribution in [-0.4, -0.2) is 26.5 Å². The van der Waals surface area contributed by atoms with Gasteiger partial charge in [0.15, 0.2) is 0 Å². The highest BCUT2D eigenvalue weighted by Gasteiger charge is 2.21. The third kappa shape index (κ3) is 4.16. The van der Waals surface area contributed by atoms with Crippen molar-refractivity contribution in [2.45, 2.75) is 52.4 Å². The molecule has 0 saturated heterocycles. The van der Waals surface area contributed by atoms with Crippen LogP contribution >= 0.6 is 0 Å². The SMILES string of the molecule is CC(C)(CO)C/C(=C/C1CCCCC1)n1cncn1. The van der Waals surface area contributed by atoms with Crippen LogP contribution in [0.25, 0.3) is 5.70 Å². The quantitative estimate of drug-likeness (QED) is 0.888. The Morgan fingerprint density at radius 1 is 1.37 bits per heavy atom. The van der Waals surface area contributed by atoms with E-state index < -0.39 is 0 Å². The lowest BCUT2D eigenvalue weighted by Gasteiger charge is -2.25. The maximum absolute atomic E-state index is 9.47. The fourth-order valence-electron chi connectivity index (χ4n) is 2.69. The Bertz CT molecular complexity index is 403. The van der Waals surface area contributed by atoms with Gasteiger partial charge in [-0.2, -0.15) is 5.10 Å². The van der Waals surface area contributed by atoms with Crippen molar-refractivity contribution in [3.8, 4) is 0 Å². The molecule has 1 aromatic heterocycles. The van der Waals surface area contributed by atoms with Crippen molar-refractivity contribution in [2.75, 3.05) is 6.61 Å². The normalized spacial score (nSPS) is 18.8. The molecule has 0 aromatic carbocycles. The lowest BCUT2D eigenvalue weighted by atomic mass is 9.85. The molecule has 1 aliphatic carbocycles. The highest BCUT2D eigenvalue weighted by molar-refractivity contribution is 5.44. The molecule has 4 heteroatoms. The molecular formula is C15H25N3O. The number of hydrogen-bond donors (Lipinski definition) is 1. The molecule has 1 aromatic rings. The van der Waals surface area contributed by atoms with E-state index >= 15 is 0 Å². The molecular weight excluding hydrogens is 238 g/mol. The van der Waals surface area contributed by atoms with Crippen LogP contribution in [0.15, 0.2) is 18.7 Å². The third-order valence-electron chi connectivity index (χ3n) is 3.88. The van der Waals surface area contributed by atoms with E-state index in [9.17, 15) is 5.11 Å². The molecule has 0 spiro atoms. The smallest absolute Gasteiger partial charge is 0.138 e.